The van der Waals surface area contributed by atoms with Gasteiger partial charge in [0.05, 0.1) is 8.07 Å². The summed E-state index contributed by atoms with van der Waals surface area (Å²) in [7, 11) is -2.02. The molecular weight excluding hydrogens is 476 g/mol. The first kappa shape index (κ1) is 29.2. The Kier molecular flexibility index (Phi) is 7.67. The molecule has 208 valence electrons. The minimum atomic E-state index is -2.02. The summed E-state index contributed by atoms with van der Waals surface area (Å²) in [6.07, 6.45) is 6.34. The molecule has 2 aliphatic carbocycles. The third-order valence-electron chi connectivity index (χ3n) is 9.62. The Morgan fingerprint density at radius 3 is 2.05 bits per heavy atom. The van der Waals surface area contributed by atoms with Crippen LogP contribution in [0.4, 0.5) is 0 Å². The Hall–Kier alpha value is -1.80. The molecule has 0 spiro atoms. The Labute approximate surface area is 235 Å². The first-order chi connectivity index (χ1) is 17.5. The SMILES string of the molecule is CC[Si](CC)(c1cc(C(C)(C)C)cc(C(C)(C)C)c1OC(C)(C)C)C1C(C)CC2c3ccccc3C=CC21. The molecule has 1 saturated carbocycles. The Morgan fingerprint density at radius 1 is 0.868 bits per heavy atom. The Bertz CT molecular complexity index is 1180. The van der Waals surface area contributed by atoms with Crippen LogP contribution in [-0.2, 0) is 10.8 Å². The van der Waals surface area contributed by atoms with Crippen molar-refractivity contribution in [1.82, 2.24) is 0 Å². The zero-order valence-electron chi connectivity index (χ0n) is 26.5. The van der Waals surface area contributed by atoms with E-state index in [-0.39, 0.29) is 16.4 Å². The fourth-order valence-corrected chi connectivity index (χ4v) is 13.7. The summed E-state index contributed by atoms with van der Waals surface area (Å²) in [4.78, 5) is 0. The molecule has 4 rings (SSSR count). The van der Waals surface area contributed by atoms with E-state index in [1.807, 2.05) is 0 Å². The number of fused-ring (bicyclic) bond motifs is 3. The van der Waals surface area contributed by atoms with E-state index < -0.39 is 8.07 Å². The molecule has 4 unspecified atom stereocenters. The van der Waals surface area contributed by atoms with Crippen molar-refractivity contribution in [2.45, 2.75) is 129 Å². The highest BCUT2D eigenvalue weighted by atomic mass is 28.3. The lowest BCUT2D eigenvalue weighted by Crippen LogP contribution is -2.55. The molecule has 0 amide bonds. The van der Waals surface area contributed by atoms with E-state index in [2.05, 4.69) is 132 Å². The van der Waals surface area contributed by atoms with Gasteiger partial charge in [0, 0.05) is 0 Å². The van der Waals surface area contributed by atoms with Gasteiger partial charge in [0.1, 0.15) is 11.4 Å². The normalized spacial score (nSPS) is 23.8. The Balaban J connectivity index is 2.01. The van der Waals surface area contributed by atoms with Crippen molar-refractivity contribution in [3.8, 4) is 5.75 Å². The predicted octanol–water partition coefficient (Wildman–Crippen LogP) is 9.99. The third kappa shape index (κ3) is 5.19. The number of hydrogen-bond donors (Lipinski definition) is 0. The molecule has 2 aromatic carbocycles. The highest BCUT2D eigenvalue weighted by Crippen LogP contribution is 2.59. The second-order valence-corrected chi connectivity index (χ2v) is 20.3. The molecule has 0 heterocycles. The van der Waals surface area contributed by atoms with E-state index in [0.717, 1.165) is 0 Å². The molecule has 38 heavy (non-hydrogen) atoms. The number of rotatable bonds is 5. The highest BCUT2D eigenvalue weighted by Gasteiger charge is 2.54. The van der Waals surface area contributed by atoms with Gasteiger partial charge in [-0.3, -0.25) is 0 Å². The van der Waals surface area contributed by atoms with E-state index in [9.17, 15) is 0 Å². The van der Waals surface area contributed by atoms with Crippen LogP contribution in [0.15, 0.2) is 42.5 Å². The standard InChI is InChI=1S/C36H54OSi/c1-13-38(14-2,33-24(3)21-29-27-18-16-15-17-25(27)19-20-28(29)33)31-23-26(34(4,5)6)22-30(35(7,8)9)32(31)37-36(10,11)12/h15-20,22-24,28-29,33H,13-14,21H2,1-12H3. The maximum atomic E-state index is 7.07. The third-order valence-corrected chi connectivity index (χ3v) is 15.8. The summed E-state index contributed by atoms with van der Waals surface area (Å²) < 4.78 is 7.07. The summed E-state index contributed by atoms with van der Waals surface area (Å²) in [5, 5.41) is 1.60. The van der Waals surface area contributed by atoms with Crippen molar-refractivity contribution in [1.29, 1.82) is 0 Å². The van der Waals surface area contributed by atoms with Gasteiger partial charge in [-0.15, -0.1) is 0 Å². The van der Waals surface area contributed by atoms with Crippen LogP contribution in [0.5, 0.6) is 5.75 Å². The first-order valence-electron chi connectivity index (χ1n) is 15.2. The number of hydrogen-bond acceptors (Lipinski definition) is 1. The molecule has 0 aromatic heterocycles. The molecule has 0 bridgehead atoms. The number of allylic oxidation sites excluding steroid dienone is 1. The Morgan fingerprint density at radius 2 is 1.50 bits per heavy atom. The van der Waals surface area contributed by atoms with Crippen LogP contribution in [-0.4, -0.2) is 13.7 Å². The minimum Gasteiger partial charge on any atom is -0.488 e. The van der Waals surface area contributed by atoms with Gasteiger partial charge in [0.15, 0.2) is 0 Å². The molecule has 1 nitrogen and oxygen atoms in total. The monoisotopic (exact) mass is 530 g/mol. The fraction of sp³-hybridized carbons (Fsp3) is 0.611. The smallest absolute Gasteiger partial charge is 0.123 e. The quantitative estimate of drug-likeness (QED) is 0.349. The van der Waals surface area contributed by atoms with Crippen molar-refractivity contribution in [2.24, 2.45) is 11.8 Å². The van der Waals surface area contributed by atoms with E-state index >= 15 is 0 Å². The van der Waals surface area contributed by atoms with Crippen LogP contribution in [0.3, 0.4) is 0 Å². The first-order valence-corrected chi connectivity index (χ1v) is 17.7. The van der Waals surface area contributed by atoms with Gasteiger partial charge >= 0.3 is 0 Å². The van der Waals surface area contributed by atoms with Gasteiger partial charge in [-0.2, -0.15) is 0 Å². The summed E-state index contributed by atoms with van der Waals surface area (Å²) in [6.45, 7) is 28.4. The maximum Gasteiger partial charge on any atom is 0.123 e. The summed E-state index contributed by atoms with van der Waals surface area (Å²) in [5.74, 6) is 3.17. The lowest BCUT2D eigenvalue weighted by Gasteiger charge is -2.45. The summed E-state index contributed by atoms with van der Waals surface area (Å²) in [5.41, 5.74) is 6.42. The van der Waals surface area contributed by atoms with Crippen molar-refractivity contribution in [2.75, 3.05) is 0 Å². The lowest BCUT2D eigenvalue weighted by atomic mass is 9.80. The zero-order valence-corrected chi connectivity index (χ0v) is 27.5. The fourth-order valence-electron chi connectivity index (χ4n) is 7.74. The molecule has 2 heteroatoms. The van der Waals surface area contributed by atoms with Crippen molar-refractivity contribution < 1.29 is 4.74 Å². The second kappa shape index (κ2) is 9.99. The molecule has 2 aliphatic rings. The van der Waals surface area contributed by atoms with E-state index in [1.54, 1.807) is 10.8 Å². The van der Waals surface area contributed by atoms with Crippen LogP contribution in [0.1, 0.15) is 118 Å². The highest BCUT2D eigenvalue weighted by molar-refractivity contribution is 6.93. The summed E-state index contributed by atoms with van der Waals surface area (Å²) in [6, 6.07) is 16.8. The van der Waals surface area contributed by atoms with Crippen molar-refractivity contribution in [3.63, 3.8) is 0 Å². The van der Waals surface area contributed by atoms with Crippen LogP contribution in [0.25, 0.3) is 6.08 Å². The largest absolute Gasteiger partial charge is 0.488 e. The average molecular weight is 531 g/mol. The molecule has 0 aliphatic heterocycles. The van der Waals surface area contributed by atoms with Gasteiger partial charge in [-0.25, -0.2) is 0 Å². The molecule has 2 aromatic rings. The molecular formula is C36H54OSi. The molecule has 0 radical (unpaired) electrons. The van der Waals surface area contributed by atoms with E-state index in [0.29, 0.717) is 23.3 Å². The topological polar surface area (TPSA) is 9.23 Å². The van der Waals surface area contributed by atoms with Gasteiger partial charge in [0.25, 0.3) is 0 Å². The number of benzene rings is 2. The number of ether oxygens (including phenoxy) is 1. The van der Waals surface area contributed by atoms with Gasteiger partial charge in [-0.05, 0) is 88.8 Å². The van der Waals surface area contributed by atoms with Crippen LogP contribution < -0.4 is 9.92 Å². The van der Waals surface area contributed by atoms with E-state index in [1.165, 1.54) is 40.9 Å². The predicted molar refractivity (Wildman–Crippen MR) is 170 cm³/mol. The molecule has 4 atom stereocenters. The molecule has 1 fully saturated rings. The molecule has 0 saturated heterocycles. The van der Waals surface area contributed by atoms with Gasteiger partial charge < -0.3 is 4.74 Å². The van der Waals surface area contributed by atoms with E-state index in [4.69, 9.17) is 4.74 Å². The minimum absolute atomic E-state index is 0.00568. The van der Waals surface area contributed by atoms with Crippen molar-refractivity contribution in [3.05, 3.63) is 64.7 Å². The zero-order chi connectivity index (χ0) is 28.3. The van der Waals surface area contributed by atoms with Gasteiger partial charge in [-0.1, -0.05) is 123 Å². The van der Waals surface area contributed by atoms with Crippen molar-refractivity contribution >= 4 is 19.3 Å². The van der Waals surface area contributed by atoms with Crippen LogP contribution in [0.2, 0.25) is 17.6 Å². The van der Waals surface area contributed by atoms with Crippen LogP contribution in [0, 0.1) is 11.8 Å². The lowest BCUT2D eigenvalue weighted by molar-refractivity contribution is 0.129. The summed E-state index contributed by atoms with van der Waals surface area (Å²) >= 11 is 0. The van der Waals surface area contributed by atoms with Gasteiger partial charge in [0.2, 0.25) is 0 Å². The molecule has 0 N–H and O–H groups in total. The second-order valence-electron chi connectivity index (χ2n) is 15.4. The maximum absolute atomic E-state index is 7.07. The average Bonchev–Trinajstić information content (AvgIpc) is 3.15. The van der Waals surface area contributed by atoms with Crippen LogP contribution >= 0.6 is 0 Å².